The Bertz CT molecular complexity index is 721. The lowest BCUT2D eigenvalue weighted by Crippen LogP contribution is -1.97. The molecule has 1 heterocycles. The summed E-state index contributed by atoms with van der Waals surface area (Å²) in [6.45, 7) is 0. The average Bonchev–Trinajstić information content (AvgIpc) is 2.91. The molecule has 2 aromatic rings. The van der Waals surface area contributed by atoms with E-state index in [1.807, 2.05) is 0 Å². The Hall–Kier alpha value is -2.06. The van der Waals surface area contributed by atoms with Gasteiger partial charge in [-0.25, -0.2) is 0 Å². The van der Waals surface area contributed by atoms with Crippen LogP contribution in [0.15, 0.2) is 50.4 Å². The van der Waals surface area contributed by atoms with Gasteiger partial charge in [-0.15, -0.1) is 11.3 Å². The molecule has 0 saturated heterocycles. The Morgan fingerprint density at radius 2 is 1.95 bits per heavy atom. The van der Waals surface area contributed by atoms with Crippen molar-refractivity contribution in [1.29, 1.82) is 0 Å². The second-order valence-corrected chi connectivity index (χ2v) is 6.26. The number of benzene rings is 1. The van der Waals surface area contributed by atoms with Crippen molar-refractivity contribution in [2.75, 3.05) is 0 Å². The van der Waals surface area contributed by atoms with Crippen LogP contribution in [-0.2, 0) is 10.0 Å². The lowest BCUT2D eigenvalue weighted by molar-refractivity contribution is -0.385. The van der Waals surface area contributed by atoms with Gasteiger partial charge in [0.05, 0.1) is 16.7 Å². The summed E-state index contributed by atoms with van der Waals surface area (Å²) in [5.41, 5.74) is -0.0414. The van der Waals surface area contributed by atoms with Crippen molar-refractivity contribution in [3.8, 4) is 0 Å². The molecule has 0 N–H and O–H groups in total. The third-order valence-corrected chi connectivity index (χ3v) is 4.82. The van der Waals surface area contributed by atoms with Gasteiger partial charge in [0.2, 0.25) is 0 Å². The van der Waals surface area contributed by atoms with Gasteiger partial charge in [-0.1, -0.05) is 18.2 Å². The SMILES string of the molecule is O=[N+]([O-])c1ccccc1/C=N\S(=O)(=O)c1cccs1. The van der Waals surface area contributed by atoms with Crippen molar-refractivity contribution in [2.24, 2.45) is 4.40 Å². The highest BCUT2D eigenvalue weighted by Gasteiger charge is 2.15. The number of nitro benzene ring substituents is 1. The molecule has 0 atom stereocenters. The van der Waals surface area contributed by atoms with Crippen LogP contribution < -0.4 is 0 Å². The largest absolute Gasteiger partial charge is 0.291 e. The van der Waals surface area contributed by atoms with Crippen LogP contribution in [0.2, 0.25) is 0 Å². The Labute approximate surface area is 113 Å². The number of thiophene rings is 1. The predicted molar refractivity (Wildman–Crippen MR) is 72.2 cm³/mol. The Balaban J connectivity index is 2.37. The van der Waals surface area contributed by atoms with E-state index in [1.165, 1.54) is 24.3 Å². The molecule has 0 aliphatic rings. The fourth-order valence-electron chi connectivity index (χ4n) is 1.35. The summed E-state index contributed by atoms with van der Waals surface area (Å²) in [5, 5.41) is 12.4. The van der Waals surface area contributed by atoms with Crippen LogP contribution in [0.1, 0.15) is 5.56 Å². The molecule has 19 heavy (non-hydrogen) atoms. The van der Waals surface area contributed by atoms with Crippen molar-refractivity contribution in [3.63, 3.8) is 0 Å². The quantitative estimate of drug-likeness (QED) is 0.492. The van der Waals surface area contributed by atoms with E-state index < -0.39 is 14.9 Å². The number of hydrogen-bond donors (Lipinski definition) is 0. The predicted octanol–water partition coefficient (Wildman–Crippen LogP) is 2.46. The van der Waals surface area contributed by atoms with Crippen molar-refractivity contribution in [1.82, 2.24) is 0 Å². The minimum absolute atomic E-state index is 0.0994. The molecular formula is C11H8N2O4S2. The highest BCUT2D eigenvalue weighted by molar-refractivity contribution is 7.92. The summed E-state index contributed by atoms with van der Waals surface area (Å²) in [6, 6.07) is 8.83. The zero-order chi connectivity index (χ0) is 13.9. The molecule has 0 spiro atoms. The summed E-state index contributed by atoms with van der Waals surface area (Å²) < 4.78 is 27.1. The number of sulfonamides is 1. The lowest BCUT2D eigenvalue weighted by atomic mass is 10.2. The van der Waals surface area contributed by atoms with E-state index in [2.05, 4.69) is 4.40 Å². The molecule has 0 aliphatic heterocycles. The van der Waals surface area contributed by atoms with E-state index in [1.54, 1.807) is 17.5 Å². The summed E-state index contributed by atoms with van der Waals surface area (Å²) in [6.07, 6.45) is 0.993. The van der Waals surface area contributed by atoms with E-state index >= 15 is 0 Å². The first-order valence-electron chi connectivity index (χ1n) is 5.08. The second-order valence-electron chi connectivity index (χ2n) is 3.46. The van der Waals surface area contributed by atoms with Gasteiger partial charge in [-0.05, 0) is 17.5 Å². The van der Waals surface area contributed by atoms with Gasteiger partial charge in [0.1, 0.15) is 4.21 Å². The van der Waals surface area contributed by atoms with Crippen molar-refractivity contribution in [3.05, 3.63) is 57.5 Å². The van der Waals surface area contributed by atoms with E-state index in [0.717, 1.165) is 17.6 Å². The minimum Gasteiger partial charge on any atom is -0.258 e. The maximum absolute atomic E-state index is 11.8. The monoisotopic (exact) mass is 296 g/mol. The van der Waals surface area contributed by atoms with Gasteiger partial charge < -0.3 is 0 Å². The number of nitro groups is 1. The van der Waals surface area contributed by atoms with E-state index in [0.29, 0.717) is 0 Å². The van der Waals surface area contributed by atoms with Gasteiger partial charge in [0.15, 0.2) is 0 Å². The van der Waals surface area contributed by atoms with Gasteiger partial charge in [-0.2, -0.15) is 12.8 Å². The molecule has 0 amide bonds. The smallest absolute Gasteiger partial charge is 0.258 e. The summed E-state index contributed by atoms with van der Waals surface area (Å²) >= 11 is 1.04. The molecule has 0 fully saturated rings. The molecule has 0 aliphatic carbocycles. The first-order valence-corrected chi connectivity index (χ1v) is 7.40. The zero-order valence-corrected chi connectivity index (χ0v) is 11.1. The number of rotatable bonds is 4. The average molecular weight is 296 g/mol. The molecule has 98 valence electrons. The van der Waals surface area contributed by atoms with E-state index in [-0.39, 0.29) is 15.5 Å². The Morgan fingerprint density at radius 1 is 1.21 bits per heavy atom. The second kappa shape index (κ2) is 5.29. The van der Waals surface area contributed by atoms with Crippen molar-refractivity contribution >= 4 is 33.3 Å². The van der Waals surface area contributed by atoms with E-state index in [4.69, 9.17) is 0 Å². The molecule has 0 saturated carbocycles. The van der Waals surface area contributed by atoms with E-state index in [9.17, 15) is 18.5 Å². The molecular weight excluding hydrogens is 288 g/mol. The van der Waals surface area contributed by atoms with Gasteiger partial charge >= 0.3 is 0 Å². The van der Waals surface area contributed by atoms with Gasteiger partial charge in [0, 0.05) is 6.07 Å². The van der Waals surface area contributed by atoms with Gasteiger partial charge in [-0.3, -0.25) is 10.1 Å². The van der Waals surface area contributed by atoms with Crippen LogP contribution in [0.3, 0.4) is 0 Å². The first kappa shape index (κ1) is 13.4. The standard InChI is InChI=1S/C11H8N2O4S2/c14-13(15)10-5-2-1-4-9(10)8-12-19(16,17)11-6-3-7-18-11/h1-8H/b12-8-. The molecule has 1 aromatic heterocycles. The van der Waals surface area contributed by atoms with Gasteiger partial charge in [0.25, 0.3) is 15.7 Å². The molecule has 8 heteroatoms. The lowest BCUT2D eigenvalue weighted by Gasteiger charge is -1.96. The highest BCUT2D eigenvalue weighted by Crippen LogP contribution is 2.20. The minimum atomic E-state index is -3.79. The van der Waals surface area contributed by atoms with Crippen LogP contribution in [-0.4, -0.2) is 19.6 Å². The number of para-hydroxylation sites is 1. The molecule has 2 rings (SSSR count). The molecule has 6 nitrogen and oxygen atoms in total. The number of hydrogen-bond acceptors (Lipinski definition) is 5. The fourth-order valence-corrected chi connectivity index (χ4v) is 3.19. The topological polar surface area (TPSA) is 89.6 Å². The highest BCUT2D eigenvalue weighted by atomic mass is 32.2. The van der Waals surface area contributed by atoms with Crippen molar-refractivity contribution in [2.45, 2.75) is 4.21 Å². The van der Waals surface area contributed by atoms with Crippen molar-refractivity contribution < 1.29 is 13.3 Å². The summed E-state index contributed by atoms with van der Waals surface area (Å²) in [7, 11) is -3.79. The third kappa shape index (κ3) is 3.04. The molecule has 0 radical (unpaired) electrons. The van der Waals surface area contributed by atoms with Crippen LogP contribution in [0.5, 0.6) is 0 Å². The Morgan fingerprint density at radius 3 is 2.58 bits per heavy atom. The fraction of sp³-hybridized carbons (Fsp3) is 0. The van der Waals surface area contributed by atoms with Crippen LogP contribution >= 0.6 is 11.3 Å². The van der Waals surface area contributed by atoms with Crippen LogP contribution in [0.4, 0.5) is 5.69 Å². The van der Waals surface area contributed by atoms with Crippen LogP contribution in [0.25, 0.3) is 0 Å². The summed E-state index contributed by atoms with van der Waals surface area (Å²) in [4.78, 5) is 10.2. The Kier molecular flexibility index (Phi) is 3.72. The third-order valence-electron chi connectivity index (χ3n) is 2.21. The first-order chi connectivity index (χ1) is 9.00. The zero-order valence-electron chi connectivity index (χ0n) is 9.46. The molecule has 1 aromatic carbocycles. The summed E-state index contributed by atoms with van der Waals surface area (Å²) in [5.74, 6) is 0. The number of nitrogens with zero attached hydrogens (tertiary/aromatic N) is 2. The normalized spacial score (nSPS) is 11.8. The molecule has 0 bridgehead atoms. The maximum atomic E-state index is 11.8. The maximum Gasteiger partial charge on any atom is 0.291 e. The van der Waals surface area contributed by atoms with Crippen LogP contribution in [0, 0.1) is 10.1 Å². The molecule has 0 unspecified atom stereocenters.